The summed E-state index contributed by atoms with van der Waals surface area (Å²) >= 11 is 3.37. The van der Waals surface area contributed by atoms with Crippen molar-refractivity contribution in [2.45, 2.75) is 5.33 Å². The molecule has 0 aliphatic heterocycles. The first kappa shape index (κ1) is 9.55. The second-order valence-electron chi connectivity index (χ2n) is 2.25. The molecule has 2 nitrogen and oxygen atoms in total. The molecule has 4 heteroatoms. The van der Waals surface area contributed by atoms with Gasteiger partial charge in [-0.25, -0.2) is 4.98 Å². The summed E-state index contributed by atoms with van der Waals surface area (Å²) in [5.41, 5.74) is 1.86. The molecule has 0 aliphatic rings. The summed E-state index contributed by atoms with van der Waals surface area (Å²) < 4.78 is 5.20. The van der Waals surface area contributed by atoms with E-state index < -0.39 is 0 Å². The van der Waals surface area contributed by atoms with Crippen LogP contribution in [0.3, 0.4) is 0 Å². The fourth-order valence-electron chi connectivity index (χ4n) is 1.02. The van der Waals surface area contributed by atoms with Gasteiger partial charge in [0.15, 0.2) is 0 Å². The number of aromatic nitrogens is 1. The highest BCUT2D eigenvalue weighted by Gasteiger charge is 2.02. The van der Waals surface area contributed by atoms with Gasteiger partial charge in [-0.1, -0.05) is 15.9 Å². The maximum absolute atomic E-state index is 5.20. The Morgan fingerprint density at radius 2 is 2.33 bits per heavy atom. The normalized spacial score (nSPS) is 9.75. The van der Waals surface area contributed by atoms with E-state index in [0.717, 1.165) is 16.3 Å². The number of fused-ring (bicyclic) bond motifs is 1. The third kappa shape index (κ3) is 1.47. The number of pyridine rings is 1. The van der Waals surface area contributed by atoms with E-state index in [4.69, 9.17) is 4.42 Å². The first-order chi connectivity index (χ1) is 5.42. The molecule has 0 spiro atoms. The van der Waals surface area contributed by atoms with Gasteiger partial charge in [0.2, 0.25) is 5.71 Å². The number of hydrogen-bond donors (Lipinski definition) is 0. The predicted octanol–water partition coefficient (Wildman–Crippen LogP) is 3.14. The molecule has 2 aromatic heterocycles. The zero-order chi connectivity index (χ0) is 7.68. The lowest BCUT2D eigenvalue weighted by Gasteiger charge is -1.86. The summed E-state index contributed by atoms with van der Waals surface area (Å²) in [4.78, 5) is 4.06. The van der Waals surface area contributed by atoms with Crippen molar-refractivity contribution in [2.75, 3.05) is 0 Å². The molecule has 0 N–H and O–H groups in total. The van der Waals surface area contributed by atoms with Crippen molar-refractivity contribution in [3.05, 3.63) is 30.2 Å². The van der Waals surface area contributed by atoms with Gasteiger partial charge in [-0.05, 0) is 12.1 Å². The van der Waals surface area contributed by atoms with Gasteiger partial charge >= 0.3 is 0 Å². The number of furan rings is 1. The highest BCUT2D eigenvalue weighted by Crippen LogP contribution is 2.20. The monoisotopic (exact) mass is 247 g/mol. The number of hydrogen-bond acceptors (Lipinski definition) is 2. The van der Waals surface area contributed by atoms with E-state index >= 15 is 0 Å². The van der Waals surface area contributed by atoms with Crippen molar-refractivity contribution in [1.29, 1.82) is 0 Å². The van der Waals surface area contributed by atoms with Crippen LogP contribution in [0.2, 0.25) is 0 Å². The van der Waals surface area contributed by atoms with E-state index in [1.54, 1.807) is 12.5 Å². The Bertz CT molecular complexity index is 374. The lowest BCUT2D eigenvalue weighted by molar-refractivity contribution is 0.600. The fourth-order valence-corrected chi connectivity index (χ4v) is 1.46. The van der Waals surface area contributed by atoms with E-state index in [-0.39, 0.29) is 12.4 Å². The first-order valence-corrected chi connectivity index (χ1v) is 4.41. The zero-order valence-corrected chi connectivity index (χ0v) is 8.56. The minimum absolute atomic E-state index is 0. The van der Waals surface area contributed by atoms with Crippen LogP contribution in [0.4, 0.5) is 0 Å². The highest BCUT2D eigenvalue weighted by atomic mass is 79.9. The molecular weight excluding hydrogens is 241 g/mol. The molecule has 0 aliphatic carbocycles. The first-order valence-electron chi connectivity index (χ1n) is 3.29. The third-order valence-electron chi connectivity index (χ3n) is 1.57. The van der Waals surface area contributed by atoms with Crippen LogP contribution < -0.4 is 0 Å². The smallest absolute Gasteiger partial charge is 0.226 e. The number of rotatable bonds is 1. The minimum atomic E-state index is 0. The Morgan fingerprint density at radius 1 is 1.50 bits per heavy atom. The molecule has 0 unspecified atom stereocenters. The Hall–Kier alpha value is -0.540. The molecule has 0 radical (unpaired) electrons. The van der Waals surface area contributed by atoms with E-state index in [1.807, 2.05) is 12.1 Å². The summed E-state index contributed by atoms with van der Waals surface area (Å²) in [6.45, 7) is 0. The van der Waals surface area contributed by atoms with Gasteiger partial charge in [0.25, 0.3) is 0 Å². The van der Waals surface area contributed by atoms with Gasteiger partial charge in [-0.2, -0.15) is 0 Å². The maximum atomic E-state index is 5.20. The van der Waals surface area contributed by atoms with Crippen LogP contribution in [0.25, 0.3) is 11.1 Å². The Balaban J connectivity index is 0.000000720. The second kappa shape index (κ2) is 3.92. The van der Waals surface area contributed by atoms with Crippen LogP contribution in [0.1, 0.15) is 5.56 Å². The van der Waals surface area contributed by atoms with Crippen LogP contribution in [-0.4, -0.2) is 4.98 Å². The molecule has 2 heterocycles. The average Bonchev–Trinajstić information content (AvgIpc) is 2.47. The molecule has 0 fully saturated rings. The molecule has 64 valence electrons. The van der Waals surface area contributed by atoms with Crippen molar-refractivity contribution in [1.82, 2.24) is 4.98 Å². The highest BCUT2D eigenvalue weighted by molar-refractivity contribution is 9.08. The number of nitrogens with zero attached hydrogens (tertiary/aromatic N) is 1. The molecule has 0 saturated heterocycles. The largest absolute Gasteiger partial charge is 0.446 e. The van der Waals surface area contributed by atoms with Crippen molar-refractivity contribution >= 4 is 39.4 Å². The predicted molar refractivity (Wildman–Crippen MR) is 53.9 cm³/mol. The van der Waals surface area contributed by atoms with E-state index in [2.05, 4.69) is 20.9 Å². The molecule has 12 heavy (non-hydrogen) atoms. The van der Waals surface area contributed by atoms with Gasteiger partial charge < -0.3 is 4.42 Å². The van der Waals surface area contributed by atoms with Crippen molar-refractivity contribution in [3.8, 4) is 0 Å². The van der Waals surface area contributed by atoms with E-state index in [9.17, 15) is 0 Å². The van der Waals surface area contributed by atoms with Crippen LogP contribution in [0, 0.1) is 0 Å². The molecule has 0 atom stereocenters. The number of alkyl halides is 1. The van der Waals surface area contributed by atoms with Crippen LogP contribution in [0.15, 0.2) is 29.0 Å². The lowest BCUT2D eigenvalue weighted by Crippen LogP contribution is -1.73. The van der Waals surface area contributed by atoms with Crippen LogP contribution >= 0.6 is 28.3 Å². The van der Waals surface area contributed by atoms with Gasteiger partial charge in [0.05, 0.1) is 6.26 Å². The van der Waals surface area contributed by atoms with Crippen molar-refractivity contribution < 1.29 is 4.42 Å². The van der Waals surface area contributed by atoms with Gasteiger partial charge in [0, 0.05) is 22.5 Å². The van der Waals surface area contributed by atoms with Gasteiger partial charge in [-0.15, -0.1) is 12.4 Å². The Labute approximate surface area is 84.5 Å². The number of halogens is 2. The second-order valence-corrected chi connectivity index (χ2v) is 2.81. The Morgan fingerprint density at radius 3 is 3.08 bits per heavy atom. The third-order valence-corrected chi connectivity index (χ3v) is 2.18. The minimum Gasteiger partial charge on any atom is -0.446 e. The van der Waals surface area contributed by atoms with Crippen molar-refractivity contribution in [2.24, 2.45) is 0 Å². The van der Waals surface area contributed by atoms with Crippen LogP contribution in [0.5, 0.6) is 0 Å². The molecule has 2 aromatic rings. The van der Waals surface area contributed by atoms with Gasteiger partial charge in [0.1, 0.15) is 0 Å². The van der Waals surface area contributed by atoms with Crippen molar-refractivity contribution in [3.63, 3.8) is 0 Å². The molecular formula is C8H7BrClNO. The Kier molecular flexibility index (Phi) is 3.12. The summed E-state index contributed by atoms with van der Waals surface area (Å²) in [6.07, 6.45) is 3.45. The molecule has 0 bridgehead atoms. The summed E-state index contributed by atoms with van der Waals surface area (Å²) in [6, 6.07) is 3.91. The standard InChI is InChI=1S/C8H6BrNO.ClH/c9-4-6-5-11-8-7(6)2-1-3-10-8;/h1-3,5H,4H2;1H. The molecule has 0 amide bonds. The topological polar surface area (TPSA) is 26.0 Å². The zero-order valence-electron chi connectivity index (χ0n) is 6.16. The van der Waals surface area contributed by atoms with Crippen LogP contribution in [-0.2, 0) is 5.33 Å². The molecule has 0 saturated carbocycles. The fraction of sp³-hybridized carbons (Fsp3) is 0.125. The van der Waals surface area contributed by atoms with E-state index in [1.165, 1.54) is 0 Å². The molecule has 0 aromatic carbocycles. The summed E-state index contributed by atoms with van der Waals surface area (Å²) in [5.74, 6) is 0. The molecule has 2 rings (SSSR count). The SMILES string of the molecule is BrCc1coc2ncccc12.Cl. The average molecular weight is 249 g/mol. The quantitative estimate of drug-likeness (QED) is 0.725. The summed E-state index contributed by atoms with van der Waals surface area (Å²) in [5, 5.41) is 1.90. The lowest BCUT2D eigenvalue weighted by atomic mass is 10.2. The van der Waals surface area contributed by atoms with Gasteiger partial charge in [-0.3, -0.25) is 0 Å². The summed E-state index contributed by atoms with van der Waals surface area (Å²) in [7, 11) is 0. The maximum Gasteiger partial charge on any atom is 0.226 e. The van der Waals surface area contributed by atoms with E-state index in [0.29, 0.717) is 5.71 Å².